The van der Waals surface area contributed by atoms with E-state index in [-0.39, 0.29) is 0 Å². The zero-order valence-corrected chi connectivity index (χ0v) is 13.0. The predicted octanol–water partition coefficient (Wildman–Crippen LogP) is 4.07. The molecule has 6 heteroatoms. The lowest BCUT2D eigenvalue weighted by Gasteiger charge is -2.28. The Hall–Kier alpha value is -1.59. The summed E-state index contributed by atoms with van der Waals surface area (Å²) in [7, 11) is 0. The number of rotatable bonds is 1. The van der Waals surface area contributed by atoms with Gasteiger partial charge in [0.15, 0.2) is 5.82 Å². The van der Waals surface area contributed by atoms with Crippen molar-refractivity contribution in [1.82, 2.24) is 9.97 Å². The molecule has 1 saturated heterocycles. The van der Waals surface area contributed by atoms with Crippen molar-refractivity contribution in [3.05, 3.63) is 23.2 Å². The maximum atomic E-state index is 6.10. The lowest BCUT2D eigenvalue weighted by molar-refractivity contribution is 0.575. The van der Waals surface area contributed by atoms with Gasteiger partial charge < -0.3 is 10.6 Å². The van der Waals surface area contributed by atoms with Crippen molar-refractivity contribution in [2.45, 2.75) is 19.3 Å². The molecule has 1 aliphatic heterocycles. The maximum absolute atomic E-state index is 6.10. The molecule has 4 rings (SSSR count). The third-order valence-corrected chi connectivity index (χ3v) is 5.30. The Labute approximate surface area is 131 Å². The quantitative estimate of drug-likeness (QED) is 0.735. The molecular formula is C15H15ClN4S. The molecule has 0 amide bonds. The standard InChI is InChI=1S/C15H15ClN4S/c16-9-4-5-10-11(8-9)21-13-12(10)18-15(17)19-14(13)20-6-2-1-3-7-20/h4-5,8H,1-3,6-7H2,(H2,17,18,19). The fourth-order valence-corrected chi connectivity index (χ4v) is 4.37. The Bertz CT molecular complexity index is 823. The van der Waals surface area contributed by atoms with Crippen LogP contribution in [0.2, 0.25) is 5.02 Å². The highest BCUT2D eigenvalue weighted by molar-refractivity contribution is 7.26. The number of nitrogen functional groups attached to an aromatic ring is 1. The van der Waals surface area contributed by atoms with Gasteiger partial charge in [-0.15, -0.1) is 11.3 Å². The lowest BCUT2D eigenvalue weighted by Crippen LogP contribution is -2.30. The molecule has 1 fully saturated rings. The van der Waals surface area contributed by atoms with E-state index >= 15 is 0 Å². The number of aromatic nitrogens is 2. The molecule has 2 N–H and O–H groups in total. The van der Waals surface area contributed by atoms with E-state index in [4.69, 9.17) is 17.3 Å². The Morgan fingerprint density at radius 1 is 1.14 bits per heavy atom. The number of thiophene rings is 1. The van der Waals surface area contributed by atoms with Gasteiger partial charge in [-0.25, -0.2) is 4.98 Å². The van der Waals surface area contributed by atoms with Gasteiger partial charge in [-0.1, -0.05) is 11.6 Å². The minimum atomic E-state index is 0.345. The van der Waals surface area contributed by atoms with Crippen molar-refractivity contribution in [3.8, 4) is 0 Å². The van der Waals surface area contributed by atoms with Gasteiger partial charge >= 0.3 is 0 Å². The molecule has 3 aromatic rings. The average molecular weight is 319 g/mol. The molecule has 0 radical (unpaired) electrons. The number of hydrogen-bond donors (Lipinski definition) is 1. The molecule has 1 aliphatic rings. The molecule has 0 saturated carbocycles. The van der Waals surface area contributed by atoms with Crippen molar-refractivity contribution >= 4 is 55.0 Å². The van der Waals surface area contributed by atoms with Crippen LogP contribution in [0.1, 0.15) is 19.3 Å². The highest BCUT2D eigenvalue weighted by Gasteiger charge is 2.19. The van der Waals surface area contributed by atoms with Crippen LogP contribution >= 0.6 is 22.9 Å². The van der Waals surface area contributed by atoms with Crippen LogP contribution < -0.4 is 10.6 Å². The molecule has 2 aromatic heterocycles. The number of piperidine rings is 1. The van der Waals surface area contributed by atoms with Gasteiger partial charge in [0.1, 0.15) is 0 Å². The molecule has 3 heterocycles. The number of nitrogens with two attached hydrogens (primary N) is 1. The van der Waals surface area contributed by atoms with Crippen LogP contribution in [-0.2, 0) is 0 Å². The highest BCUT2D eigenvalue weighted by Crippen LogP contribution is 2.39. The van der Waals surface area contributed by atoms with Crippen LogP contribution in [0, 0.1) is 0 Å². The SMILES string of the molecule is Nc1nc(N2CCCCC2)c2sc3cc(Cl)ccc3c2n1. The summed E-state index contributed by atoms with van der Waals surface area (Å²) in [5.41, 5.74) is 6.89. The van der Waals surface area contributed by atoms with E-state index in [0.717, 1.165) is 44.2 Å². The fraction of sp³-hybridized carbons (Fsp3) is 0.333. The van der Waals surface area contributed by atoms with E-state index < -0.39 is 0 Å². The number of nitrogens with zero attached hydrogens (tertiary/aromatic N) is 3. The number of hydrogen-bond acceptors (Lipinski definition) is 5. The second kappa shape index (κ2) is 5.00. The van der Waals surface area contributed by atoms with Gasteiger partial charge in [-0.05, 0) is 37.5 Å². The largest absolute Gasteiger partial charge is 0.368 e. The summed E-state index contributed by atoms with van der Waals surface area (Å²) in [5, 5.41) is 1.85. The van der Waals surface area contributed by atoms with Crippen LogP contribution in [0.15, 0.2) is 18.2 Å². The number of benzene rings is 1. The first-order valence-corrected chi connectivity index (χ1v) is 8.32. The first-order chi connectivity index (χ1) is 10.2. The Morgan fingerprint density at radius 3 is 2.76 bits per heavy atom. The van der Waals surface area contributed by atoms with Gasteiger partial charge in [0.05, 0.1) is 10.2 Å². The summed E-state index contributed by atoms with van der Waals surface area (Å²) >= 11 is 7.80. The van der Waals surface area contributed by atoms with Gasteiger partial charge in [0, 0.05) is 28.2 Å². The van der Waals surface area contributed by atoms with E-state index in [1.54, 1.807) is 11.3 Å². The highest BCUT2D eigenvalue weighted by atomic mass is 35.5. The molecule has 1 aromatic carbocycles. The van der Waals surface area contributed by atoms with Crippen molar-refractivity contribution < 1.29 is 0 Å². The van der Waals surface area contributed by atoms with Gasteiger partial charge in [-0.2, -0.15) is 4.98 Å². The molecule has 0 spiro atoms. The second-order valence-corrected chi connectivity index (χ2v) is 6.86. The third kappa shape index (κ3) is 2.21. The summed E-state index contributed by atoms with van der Waals surface area (Å²) in [6.07, 6.45) is 3.71. The minimum Gasteiger partial charge on any atom is -0.368 e. The van der Waals surface area contributed by atoms with Crippen LogP contribution in [-0.4, -0.2) is 23.1 Å². The number of halogens is 1. The maximum Gasteiger partial charge on any atom is 0.222 e. The molecular weight excluding hydrogens is 304 g/mol. The first-order valence-electron chi connectivity index (χ1n) is 7.12. The normalized spacial score (nSPS) is 16.0. The zero-order valence-electron chi connectivity index (χ0n) is 11.5. The second-order valence-electron chi connectivity index (χ2n) is 5.37. The predicted molar refractivity (Wildman–Crippen MR) is 90.4 cm³/mol. The van der Waals surface area contributed by atoms with E-state index in [2.05, 4.69) is 14.9 Å². The molecule has 21 heavy (non-hydrogen) atoms. The van der Waals surface area contributed by atoms with Gasteiger partial charge in [0.25, 0.3) is 0 Å². The number of fused-ring (bicyclic) bond motifs is 3. The van der Waals surface area contributed by atoms with Crippen LogP contribution in [0.3, 0.4) is 0 Å². The number of anilines is 2. The van der Waals surface area contributed by atoms with Crippen LogP contribution in [0.4, 0.5) is 11.8 Å². The molecule has 0 unspecified atom stereocenters. The van der Waals surface area contributed by atoms with Crippen molar-refractivity contribution in [2.75, 3.05) is 23.7 Å². The first kappa shape index (κ1) is 13.1. The summed E-state index contributed by atoms with van der Waals surface area (Å²) < 4.78 is 2.25. The Kier molecular flexibility index (Phi) is 3.12. The minimum absolute atomic E-state index is 0.345. The molecule has 0 bridgehead atoms. The molecule has 0 aliphatic carbocycles. The van der Waals surface area contributed by atoms with E-state index in [9.17, 15) is 0 Å². The van der Waals surface area contributed by atoms with Crippen LogP contribution in [0.25, 0.3) is 20.3 Å². The van der Waals surface area contributed by atoms with Crippen LogP contribution in [0.5, 0.6) is 0 Å². The molecule has 108 valence electrons. The van der Waals surface area contributed by atoms with E-state index in [1.165, 1.54) is 19.3 Å². The summed E-state index contributed by atoms with van der Waals surface area (Å²) in [6, 6.07) is 5.90. The topological polar surface area (TPSA) is 55.0 Å². The monoisotopic (exact) mass is 318 g/mol. The Morgan fingerprint density at radius 2 is 1.95 bits per heavy atom. The van der Waals surface area contributed by atoms with Gasteiger partial charge in [-0.3, -0.25) is 0 Å². The molecule has 4 nitrogen and oxygen atoms in total. The van der Waals surface area contributed by atoms with Crippen molar-refractivity contribution in [1.29, 1.82) is 0 Å². The average Bonchev–Trinajstić information content (AvgIpc) is 2.84. The zero-order chi connectivity index (χ0) is 14.4. The molecule has 0 atom stereocenters. The van der Waals surface area contributed by atoms with E-state index in [1.807, 2.05) is 18.2 Å². The summed E-state index contributed by atoms with van der Waals surface area (Å²) in [5.74, 6) is 1.33. The fourth-order valence-electron chi connectivity index (χ4n) is 2.94. The van der Waals surface area contributed by atoms with E-state index in [0.29, 0.717) is 5.95 Å². The van der Waals surface area contributed by atoms with Gasteiger partial charge in [0.2, 0.25) is 5.95 Å². The summed E-state index contributed by atoms with van der Waals surface area (Å²) in [6.45, 7) is 2.08. The third-order valence-electron chi connectivity index (χ3n) is 3.93. The van der Waals surface area contributed by atoms with Crippen molar-refractivity contribution in [2.24, 2.45) is 0 Å². The lowest BCUT2D eigenvalue weighted by atomic mass is 10.1. The smallest absolute Gasteiger partial charge is 0.222 e. The summed E-state index contributed by atoms with van der Waals surface area (Å²) in [4.78, 5) is 11.3. The van der Waals surface area contributed by atoms with Crippen molar-refractivity contribution in [3.63, 3.8) is 0 Å². The Balaban J connectivity index is 1.99.